The molecule has 2 rings (SSSR count). The largest absolute Gasteiger partial charge is 0.444 e. The standard InChI is InChI=1S/C15H23BrN4O2/c1-10-11(16)9-12(17)13(18-10)19-5-7-20(8-6-19)14(21)22-15(2,3)4/h9H,5-8,17H2,1-4H3. The average Bonchev–Trinajstić information content (AvgIpc) is 2.41. The number of carbonyl (C=O) groups is 1. The lowest BCUT2D eigenvalue weighted by Crippen LogP contribution is -2.50. The SMILES string of the molecule is Cc1nc(N2CCN(C(=O)OC(C)(C)C)CC2)c(N)cc1Br. The number of nitrogen functional groups attached to an aromatic ring is 1. The highest BCUT2D eigenvalue weighted by atomic mass is 79.9. The number of aryl methyl sites for hydroxylation is 1. The number of rotatable bonds is 1. The lowest BCUT2D eigenvalue weighted by atomic mass is 10.2. The molecule has 0 atom stereocenters. The van der Waals surface area contributed by atoms with Crippen LogP contribution < -0.4 is 10.6 Å². The predicted molar refractivity (Wildman–Crippen MR) is 91.1 cm³/mol. The number of hydrogen-bond donors (Lipinski definition) is 1. The molecular weight excluding hydrogens is 348 g/mol. The first kappa shape index (κ1) is 16.9. The Morgan fingerprint density at radius 3 is 2.45 bits per heavy atom. The van der Waals surface area contributed by atoms with Gasteiger partial charge in [0.25, 0.3) is 0 Å². The Morgan fingerprint density at radius 1 is 1.32 bits per heavy atom. The third-order valence-electron chi connectivity index (χ3n) is 3.39. The molecule has 0 aliphatic carbocycles. The van der Waals surface area contributed by atoms with Crippen molar-refractivity contribution in [3.8, 4) is 0 Å². The van der Waals surface area contributed by atoms with Crippen LogP contribution in [0.15, 0.2) is 10.5 Å². The molecular formula is C15H23BrN4O2. The summed E-state index contributed by atoms with van der Waals surface area (Å²) in [5.74, 6) is 0.782. The topological polar surface area (TPSA) is 71.7 Å². The first-order valence-electron chi connectivity index (χ1n) is 7.33. The lowest BCUT2D eigenvalue weighted by Gasteiger charge is -2.36. The summed E-state index contributed by atoms with van der Waals surface area (Å²) in [6.07, 6.45) is -0.264. The Bertz CT molecular complexity index is 563. The predicted octanol–water partition coefficient (Wildman–Crippen LogP) is 2.79. The van der Waals surface area contributed by atoms with Crippen molar-refractivity contribution in [1.82, 2.24) is 9.88 Å². The minimum Gasteiger partial charge on any atom is -0.444 e. The van der Waals surface area contributed by atoms with Gasteiger partial charge in [0.15, 0.2) is 5.82 Å². The monoisotopic (exact) mass is 370 g/mol. The van der Waals surface area contributed by atoms with Gasteiger partial charge in [-0.1, -0.05) is 0 Å². The zero-order valence-electron chi connectivity index (χ0n) is 13.5. The van der Waals surface area contributed by atoms with E-state index >= 15 is 0 Å². The summed E-state index contributed by atoms with van der Waals surface area (Å²) >= 11 is 3.43. The smallest absolute Gasteiger partial charge is 0.410 e. The van der Waals surface area contributed by atoms with Crippen molar-refractivity contribution in [2.45, 2.75) is 33.3 Å². The number of aromatic nitrogens is 1. The minimum absolute atomic E-state index is 0.264. The van der Waals surface area contributed by atoms with Crippen LogP contribution in [0.4, 0.5) is 16.3 Å². The molecule has 0 spiro atoms. The maximum absolute atomic E-state index is 12.1. The number of halogens is 1. The molecule has 1 aliphatic rings. The minimum atomic E-state index is -0.469. The molecule has 2 heterocycles. The Labute approximate surface area is 139 Å². The van der Waals surface area contributed by atoms with Crippen molar-refractivity contribution >= 4 is 33.5 Å². The van der Waals surface area contributed by atoms with Gasteiger partial charge in [0.2, 0.25) is 0 Å². The summed E-state index contributed by atoms with van der Waals surface area (Å²) in [6, 6.07) is 1.87. The molecule has 0 aromatic carbocycles. The number of pyridine rings is 1. The zero-order valence-corrected chi connectivity index (χ0v) is 15.1. The number of ether oxygens (including phenoxy) is 1. The second-order valence-electron chi connectivity index (χ2n) is 6.42. The Kier molecular flexibility index (Phi) is 4.84. The van der Waals surface area contributed by atoms with E-state index in [2.05, 4.69) is 25.8 Å². The van der Waals surface area contributed by atoms with E-state index in [1.807, 2.05) is 33.8 Å². The Balaban J connectivity index is 2.01. The molecule has 1 aromatic rings. The number of anilines is 2. The lowest BCUT2D eigenvalue weighted by molar-refractivity contribution is 0.0240. The molecule has 6 nitrogen and oxygen atoms in total. The molecule has 1 saturated heterocycles. The van der Waals surface area contributed by atoms with Crippen molar-refractivity contribution < 1.29 is 9.53 Å². The third kappa shape index (κ3) is 4.03. The van der Waals surface area contributed by atoms with Gasteiger partial charge in [-0.25, -0.2) is 9.78 Å². The van der Waals surface area contributed by atoms with E-state index in [1.165, 1.54) is 0 Å². The fraction of sp³-hybridized carbons (Fsp3) is 0.600. The van der Waals surface area contributed by atoms with Crippen LogP contribution in [-0.2, 0) is 4.74 Å². The van der Waals surface area contributed by atoms with Gasteiger partial charge in [-0.2, -0.15) is 0 Å². The number of nitrogens with zero attached hydrogens (tertiary/aromatic N) is 3. The van der Waals surface area contributed by atoms with E-state index in [-0.39, 0.29) is 6.09 Å². The fourth-order valence-electron chi connectivity index (χ4n) is 2.26. The molecule has 1 fully saturated rings. The highest BCUT2D eigenvalue weighted by Gasteiger charge is 2.27. The van der Waals surface area contributed by atoms with E-state index < -0.39 is 5.60 Å². The van der Waals surface area contributed by atoms with E-state index in [0.29, 0.717) is 31.9 Å². The number of hydrogen-bond acceptors (Lipinski definition) is 5. The molecule has 22 heavy (non-hydrogen) atoms. The van der Waals surface area contributed by atoms with Crippen molar-refractivity contribution in [1.29, 1.82) is 0 Å². The van der Waals surface area contributed by atoms with Crippen molar-refractivity contribution in [2.75, 3.05) is 36.8 Å². The second-order valence-corrected chi connectivity index (χ2v) is 7.28. The van der Waals surface area contributed by atoms with E-state index in [9.17, 15) is 4.79 Å². The summed E-state index contributed by atoms with van der Waals surface area (Å²) < 4.78 is 6.30. The number of nitrogens with two attached hydrogens (primary N) is 1. The van der Waals surface area contributed by atoms with Gasteiger partial charge in [-0.05, 0) is 49.7 Å². The van der Waals surface area contributed by atoms with Crippen molar-refractivity contribution in [2.24, 2.45) is 0 Å². The summed E-state index contributed by atoms with van der Waals surface area (Å²) in [4.78, 5) is 20.4. The maximum Gasteiger partial charge on any atom is 0.410 e. The van der Waals surface area contributed by atoms with Crippen LogP contribution in [0, 0.1) is 6.92 Å². The van der Waals surface area contributed by atoms with E-state index in [0.717, 1.165) is 16.0 Å². The third-order valence-corrected chi connectivity index (χ3v) is 4.19. The van der Waals surface area contributed by atoms with Gasteiger partial charge < -0.3 is 20.3 Å². The summed E-state index contributed by atoms with van der Waals surface area (Å²) in [5.41, 5.74) is 7.13. The summed E-state index contributed by atoms with van der Waals surface area (Å²) in [7, 11) is 0. The van der Waals surface area contributed by atoms with E-state index in [4.69, 9.17) is 10.5 Å². The van der Waals surface area contributed by atoms with Crippen LogP contribution in [0.1, 0.15) is 26.5 Å². The van der Waals surface area contributed by atoms with Crippen molar-refractivity contribution in [3.05, 3.63) is 16.2 Å². The number of amides is 1. The molecule has 2 N–H and O–H groups in total. The van der Waals surface area contributed by atoms with Gasteiger partial charge in [0, 0.05) is 30.7 Å². The van der Waals surface area contributed by atoms with Gasteiger partial charge in [-0.15, -0.1) is 0 Å². The average molecular weight is 371 g/mol. The first-order chi connectivity index (χ1) is 10.2. The van der Waals surface area contributed by atoms with Crippen LogP contribution in [-0.4, -0.2) is 47.8 Å². The maximum atomic E-state index is 12.1. The quantitative estimate of drug-likeness (QED) is 0.822. The molecule has 0 saturated carbocycles. The molecule has 0 unspecified atom stereocenters. The fourth-order valence-corrected chi connectivity index (χ4v) is 2.60. The summed E-state index contributed by atoms with van der Waals surface area (Å²) in [6.45, 7) is 10.1. The summed E-state index contributed by atoms with van der Waals surface area (Å²) in [5, 5.41) is 0. The molecule has 1 amide bonds. The molecule has 0 radical (unpaired) electrons. The number of piperazine rings is 1. The molecule has 0 bridgehead atoms. The normalized spacial score (nSPS) is 15.9. The highest BCUT2D eigenvalue weighted by molar-refractivity contribution is 9.10. The van der Waals surface area contributed by atoms with Gasteiger partial charge in [0.1, 0.15) is 5.60 Å². The van der Waals surface area contributed by atoms with Crippen LogP contribution in [0.3, 0.4) is 0 Å². The Hall–Kier alpha value is -1.50. The van der Waals surface area contributed by atoms with Gasteiger partial charge >= 0.3 is 6.09 Å². The van der Waals surface area contributed by atoms with Gasteiger partial charge in [-0.3, -0.25) is 0 Å². The van der Waals surface area contributed by atoms with Crippen LogP contribution >= 0.6 is 15.9 Å². The molecule has 7 heteroatoms. The van der Waals surface area contributed by atoms with Crippen molar-refractivity contribution in [3.63, 3.8) is 0 Å². The highest BCUT2D eigenvalue weighted by Crippen LogP contribution is 2.27. The molecule has 1 aromatic heterocycles. The second kappa shape index (κ2) is 6.32. The Morgan fingerprint density at radius 2 is 1.91 bits per heavy atom. The van der Waals surface area contributed by atoms with Crippen LogP contribution in [0.5, 0.6) is 0 Å². The van der Waals surface area contributed by atoms with Crippen LogP contribution in [0.25, 0.3) is 0 Å². The zero-order chi connectivity index (χ0) is 16.5. The van der Waals surface area contributed by atoms with Crippen LogP contribution in [0.2, 0.25) is 0 Å². The number of carbonyl (C=O) groups excluding carboxylic acids is 1. The first-order valence-corrected chi connectivity index (χ1v) is 8.12. The van der Waals surface area contributed by atoms with Gasteiger partial charge in [0.05, 0.1) is 11.4 Å². The molecule has 122 valence electrons. The van der Waals surface area contributed by atoms with E-state index in [1.54, 1.807) is 4.90 Å². The molecule has 1 aliphatic heterocycles.